The Hall–Kier alpha value is -2.18. The maximum atomic E-state index is 12.8. The van der Waals surface area contributed by atoms with E-state index in [9.17, 15) is 9.59 Å². The minimum atomic E-state index is 0.0180. The van der Waals surface area contributed by atoms with Crippen molar-refractivity contribution in [2.75, 3.05) is 50.7 Å². The molecular formula is C20H30N4O2. The largest absolute Gasteiger partial charge is 0.352 e. The van der Waals surface area contributed by atoms with Gasteiger partial charge in [0.15, 0.2) is 0 Å². The van der Waals surface area contributed by atoms with Crippen LogP contribution < -0.4 is 10.2 Å². The van der Waals surface area contributed by atoms with Gasteiger partial charge in [0.1, 0.15) is 0 Å². The van der Waals surface area contributed by atoms with Crippen LogP contribution in [0.3, 0.4) is 0 Å². The van der Waals surface area contributed by atoms with E-state index in [0.29, 0.717) is 19.6 Å². The Labute approximate surface area is 156 Å². The standard InChI is InChI=1S/C20H30N4O2/c1-4-10-21-19(25)15-22-11-13-23(14-12-22)16-20(26)24(17(2)3)18-8-6-5-7-9-18/h4-9,17H,1,10-16H2,2-3H3,(H,21,25). The highest BCUT2D eigenvalue weighted by molar-refractivity contribution is 5.95. The van der Waals surface area contributed by atoms with E-state index in [4.69, 9.17) is 0 Å². The summed E-state index contributed by atoms with van der Waals surface area (Å²) in [5, 5.41) is 2.80. The monoisotopic (exact) mass is 358 g/mol. The number of hydrogen-bond donors (Lipinski definition) is 1. The first-order valence-electron chi connectivity index (χ1n) is 9.20. The number of carbonyl (C=O) groups excluding carboxylic acids is 2. The molecule has 1 aliphatic rings. The number of benzene rings is 1. The zero-order valence-corrected chi connectivity index (χ0v) is 15.9. The number of hydrogen-bond acceptors (Lipinski definition) is 4. The zero-order chi connectivity index (χ0) is 18.9. The molecule has 0 spiro atoms. The number of anilines is 1. The third-order valence-electron chi connectivity index (χ3n) is 4.45. The molecule has 26 heavy (non-hydrogen) atoms. The SMILES string of the molecule is C=CCNC(=O)CN1CCN(CC(=O)N(c2ccccc2)C(C)C)CC1. The van der Waals surface area contributed by atoms with Crippen LogP contribution in [0.25, 0.3) is 0 Å². The molecule has 0 aliphatic carbocycles. The summed E-state index contributed by atoms with van der Waals surface area (Å²) in [6.07, 6.45) is 1.68. The van der Waals surface area contributed by atoms with Crippen molar-refractivity contribution in [3.8, 4) is 0 Å². The fraction of sp³-hybridized carbons (Fsp3) is 0.500. The Kier molecular flexibility index (Phi) is 7.81. The average Bonchev–Trinajstić information content (AvgIpc) is 2.62. The van der Waals surface area contributed by atoms with Crippen molar-refractivity contribution in [1.29, 1.82) is 0 Å². The van der Waals surface area contributed by atoms with E-state index in [1.807, 2.05) is 49.1 Å². The van der Waals surface area contributed by atoms with Crippen molar-refractivity contribution in [2.24, 2.45) is 0 Å². The molecule has 2 amide bonds. The van der Waals surface area contributed by atoms with E-state index in [2.05, 4.69) is 21.7 Å². The molecule has 6 heteroatoms. The molecule has 1 heterocycles. The van der Waals surface area contributed by atoms with Crippen LogP contribution in [0.1, 0.15) is 13.8 Å². The Bertz CT molecular complexity index is 595. The summed E-state index contributed by atoms with van der Waals surface area (Å²) in [4.78, 5) is 30.7. The minimum Gasteiger partial charge on any atom is -0.352 e. The van der Waals surface area contributed by atoms with Gasteiger partial charge >= 0.3 is 0 Å². The lowest BCUT2D eigenvalue weighted by Crippen LogP contribution is -2.52. The first-order chi connectivity index (χ1) is 12.5. The smallest absolute Gasteiger partial charge is 0.241 e. The van der Waals surface area contributed by atoms with Crippen LogP contribution >= 0.6 is 0 Å². The predicted octanol–water partition coefficient (Wildman–Crippen LogP) is 1.35. The maximum Gasteiger partial charge on any atom is 0.241 e. The predicted molar refractivity (Wildman–Crippen MR) is 105 cm³/mol. The highest BCUT2D eigenvalue weighted by Gasteiger charge is 2.24. The van der Waals surface area contributed by atoms with Crippen molar-refractivity contribution < 1.29 is 9.59 Å². The molecule has 0 saturated carbocycles. The molecule has 0 radical (unpaired) electrons. The van der Waals surface area contributed by atoms with Crippen LogP contribution in [0.5, 0.6) is 0 Å². The van der Waals surface area contributed by atoms with Gasteiger partial charge in [0, 0.05) is 44.5 Å². The summed E-state index contributed by atoms with van der Waals surface area (Å²) in [6, 6.07) is 9.91. The lowest BCUT2D eigenvalue weighted by atomic mass is 10.2. The first-order valence-corrected chi connectivity index (χ1v) is 9.20. The minimum absolute atomic E-state index is 0.0180. The fourth-order valence-electron chi connectivity index (χ4n) is 3.14. The van der Waals surface area contributed by atoms with Crippen LogP contribution in [0, 0.1) is 0 Å². The van der Waals surface area contributed by atoms with Crippen molar-refractivity contribution in [3.63, 3.8) is 0 Å². The van der Waals surface area contributed by atoms with E-state index in [0.717, 1.165) is 31.9 Å². The molecule has 0 aromatic heterocycles. The summed E-state index contributed by atoms with van der Waals surface area (Å²) in [7, 11) is 0. The number of rotatable bonds is 8. The zero-order valence-electron chi connectivity index (χ0n) is 15.9. The van der Waals surface area contributed by atoms with Crippen LogP contribution in [-0.4, -0.2) is 73.5 Å². The van der Waals surface area contributed by atoms with Gasteiger partial charge in [-0.05, 0) is 26.0 Å². The summed E-state index contributed by atoms with van der Waals surface area (Å²) >= 11 is 0. The second-order valence-corrected chi connectivity index (χ2v) is 6.84. The van der Waals surface area contributed by atoms with Gasteiger partial charge in [0.25, 0.3) is 0 Å². The summed E-state index contributed by atoms with van der Waals surface area (Å²) in [6.45, 7) is 12.1. The molecule has 1 aromatic carbocycles. The molecule has 2 rings (SSSR count). The maximum absolute atomic E-state index is 12.8. The van der Waals surface area contributed by atoms with Crippen molar-refractivity contribution in [1.82, 2.24) is 15.1 Å². The number of carbonyl (C=O) groups is 2. The highest BCUT2D eigenvalue weighted by atomic mass is 16.2. The highest BCUT2D eigenvalue weighted by Crippen LogP contribution is 2.17. The number of amides is 2. The summed E-state index contributed by atoms with van der Waals surface area (Å²) < 4.78 is 0. The molecule has 1 fully saturated rings. The van der Waals surface area contributed by atoms with E-state index in [1.54, 1.807) is 6.08 Å². The Morgan fingerprint density at radius 1 is 1.12 bits per heavy atom. The van der Waals surface area contributed by atoms with E-state index in [-0.39, 0.29) is 17.9 Å². The molecule has 1 aliphatic heterocycles. The average molecular weight is 358 g/mol. The Balaban J connectivity index is 1.83. The van der Waals surface area contributed by atoms with E-state index in [1.165, 1.54) is 0 Å². The Morgan fingerprint density at radius 2 is 1.69 bits per heavy atom. The lowest BCUT2D eigenvalue weighted by molar-refractivity contribution is -0.124. The van der Waals surface area contributed by atoms with Crippen LogP contribution in [0.15, 0.2) is 43.0 Å². The van der Waals surface area contributed by atoms with Crippen LogP contribution in [-0.2, 0) is 9.59 Å². The molecule has 1 saturated heterocycles. The number of nitrogens with zero attached hydrogens (tertiary/aromatic N) is 3. The van der Waals surface area contributed by atoms with Crippen LogP contribution in [0.4, 0.5) is 5.69 Å². The van der Waals surface area contributed by atoms with Gasteiger partial charge in [-0.1, -0.05) is 24.3 Å². The molecule has 0 bridgehead atoms. The van der Waals surface area contributed by atoms with Gasteiger partial charge in [-0.15, -0.1) is 6.58 Å². The molecule has 0 unspecified atom stereocenters. The van der Waals surface area contributed by atoms with Crippen LogP contribution in [0.2, 0.25) is 0 Å². The molecular weight excluding hydrogens is 328 g/mol. The normalized spacial score (nSPS) is 15.7. The van der Waals surface area contributed by atoms with Gasteiger partial charge in [0.2, 0.25) is 11.8 Å². The topological polar surface area (TPSA) is 55.9 Å². The third-order valence-corrected chi connectivity index (χ3v) is 4.45. The third kappa shape index (κ3) is 5.97. The van der Waals surface area contributed by atoms with E-state index < -0.39 is 0 Å². The van der Waals surface area contributed by atoms with Gasteiger partial charge < -0.3 is 10.2 Å². The van der Waals surface area contributed by atoms with Gasteiger partial charge in [-0.25, -0.2) is 0 Å². The summed E-state index contributed by atoms with van der Waals surface area (Å²) in [5.41, 5.74) is 0.935. The quantitative estimate of drug-likeness (QED) is 0.713. The second-order valence-electron chi connectivity index (χ2n) is 6.84. The number of para-hydroxylation sites is 1. The lowest BCUT2D eigenvalue weighted by Gasteiger charge is -2.35. The first kappa shape index (κ1) is 20.1. The molecule has 6 nitrogen and oxygen atoms in total. The molecule has 142 valence electrons. The summed E-state index contributed by atoms with van der Waals surface area (Å²) in [5.74, 6) is 0.132. The van der Waals surface area contributed by atoms with Crippen molar-refractivity contribution >= 4 is 17.5 Å². The second kappa shape index (κ2) is 10.1. The van der Waals surface area contributed by atoms with Crippen molar-refractivity contribution in [3.05, 3.63) is 43.0 Å². The van der Waals surface area contributed by atoms with E-state index >= 15 is 0 Å². The Morgan fingerprint density at radius 3 is 2.23 bits per heavy atom. The number of nitrogens with one attached hydrogen (secondary N) is 1. The molecule has 0 atom stereocenters. The molecule has 1 N–H and O–H groups in total. The number of piperazine rings is 1. The van der Waals surface area contributed by atoms with Gasteiger partial charge in [-0.2, -0.15) is 0 Å². The van der Waals surface area contributed by atoms with Crippen molar-refractivity contribution in [2.45, 2.75) is 19.9 Å². The fourth-order valence-corrected chi connectivity index (χ4v) is 3.14. The van der Waals surface area contributed by atoms with Gasteiger partial charge in [0.05, 0.1) is 13.1 Å². The molecule has 1 aromatic rings. The van der Waals surface area contributed by atoms with Gasteiger partial charge in [-0.3, -0.25) is 19.4 Å².